The molecule has 0 bridgehead atoms. The van der Waals surface area contributed by atoms with Crippen molar-refractivity contribution in [1.82, 2.24) is 9.80 Å². The van der Waals surface area contributed by atoms with E-state index in [1.807, 2.05) is 52.3 Å². The summed E-state index contributed by atoms with van der Waals surface area (Å²) < 4.78 is 5.51. The van der Waals surface area contributed by atoms with Gasteiger partial charge in [-0.1, -0.05) is 69.4 Å². The number of carbonyl (C=O) groups excluding carboxylic acids is 2. The second-order valence-electron chi connectivity index (χ2n) is 8.59. The molecule has 2 aromatic rings. The van der Waals surface area contributed by atoms with Gasteiger partial charge in [0.05, 0.1) is 12.8 Å². The summed E-state index contributed by atoms with van der Waals surface area (Å²) in [6.07, 6.45) is 10.7. The highest BCUT2D eigenvalue weighted by atomic mass is 16.3. The summed E-state index contributed by atoms with van der Waals surface area (Å²) in [6, 6.07) is 13.9. The lowest BCUT2D eigenvalue weighted by Gasteiger charge is -2.35. The van der Waals surface area contributed by atoms with Gasteiger partial charge >= 0.3 is 0 Å². The third kappa shape index (κ3) is 7.27. The molecule has 0 aliphatic heterocycles. The number of rotatable bonds is 11. The van der Waals surface area contributed by atoms with Gasteiger partial charge in [-0.15, -0.1) is 0 Å². The van der Waals surface area contributed by atoms with Gasteiger partial charge in [0.15, 0.2) is 0 Å². The summed E-state index contributed by atoms with van der Waals surface area (Å²) in [5, 5.41) is 0. The van der Waals surface area contributed by atoms with Crippen molar-refractivity contribution in [3.8, 4) is 0 Å². The van der Waals surface area contributed by atoms with Crippen molar-refractivity contribution in [2.45, 2.75) is 83.8 Å². The third-order valence-corrected chi connectivity index (χ3v) is 6.13. The molecule has 0 spiro atoms. The summed E-state index contributed by atoms with van der Waals surface area (Å²) in [4.78, 5) is 30.2. The molecule has 1 heterocycles. The van der Waals surface area contributed by atoms with E-state index in [1.54, 1.807) is 6.26 Å². The van der Waals surface area contributed by atoms with E-state index < -0.39 is 0 Å². The van der Waals surface area contributed by atoms with Crippen LogP contribution in [0.2, 0.25) is 0 Å². The molecule has 0 unspecified atom stereocenters. The van der Waals surface area contributed by atoms with Crippen LogP contribution in [0.1, 0.15) is 76.0 Å². The molecule has 0 radical (unpaired) electrons. The summed E-state index contributed by atoms with van der Waals surface area (Å²) in [7, 11) is 0. The van der Waals surface area contributed by atoms with Gasteiger partial charge in [-0.25, -0.2) is 0 Å². The zero-order chi connectivity index (χ0) is 21.9. The quantitative estimate of drug-likeness (QED) is 0.444. The molecule has 5 heteroatoms. The number of hydrogen-bond acceptors (Lipinski definition) is 3. The number of carbonyl (C=O) groups is 2. The van der Waals surface area contributed by atoms with Gasteiger partial charge < -0.3 is 14.2 Å². The average Bonchev–Trinajstić information content (AvgIpc) is 3.31. The Balaban J connectivity index is 1.73. The first-order chi connectivity index (χ1) is 15.2. The molecule has 1 aliphatic rings. The lowest BCUT2D eigenvalue weighted by Crippen LogP contribution is -2.47. The normalized spacial score (nSPS) is 14.4. The SMILES string of the molecule is CCCCCC(=O)N(CC(=O)N(Cc1ccccc1)Cc1ccco1)C1CCCCC1. The standard InChI is InChI=1S/C26H36N2O3/c1-2-3-6-17-25(29)28(23-14-9-5-10-15-23)21-26(30)27(20-24-16-11-18-31-24)19-22-12-7-4-8-13-22/h4,7-8,11-13,16,18,23H,2-3,5-6,9-10,14-15,17,19-21H2,1H3. The van der Waals surface area contributed by atoms with E-state index in [-0.39, 0.29) is 24.4 Å². The molecule has 2 amide bonds. The molecular weight excluding hydrogens is 388 g/mol. The second-order valence-corrected chi connectivity index (χ2v) is 8.59. The minimum Gasteiger partial charge on any atom is -0.467 e. The molecule has 31 heavy (non-hydrogen) atoms. The van der Waals surface area contributed by atoms with E-state index in [0.29, 0.717) is 19.5 Å². The number of amides is 2. The molecule has 168 valence electrons. The predicted molar refractivity (Wildman–Crippen MR) is 122 cm³/mol. The molecule has 1 saturated carbocycles. The maximum atomic E-state index is 13.5. The first-order valence-corrected chi connectivity index (χ1v) is 11.8. The number of hydrogen-bond donors (Lipinski definition) is 0. The van der Waals surface area contributed by atoms with Crippen LogP contribution in [-0.2, 0) is 22.7 Å². The number of benzene rings is 1. The highest BCUT2D eigenvalue weighted by molar-refractivity contribution is 5.85. The fraction of sp³-hybridized carbons (Fsp3) is 0.538. The van der Waals surface area contributed by atoms with Crippen molar-refractivity contribution >= 4 is 11.8 Å². The molecular formula is C26H36N2O3. The van der Waals surface area contributed by atoms with Crippen LogP contribution in [0, 0.1) is 0 Å². The van der Waals surface area contributed by atoms with E-state index in [1.165, 1.54) is 6.42 Å². The number of nitrogens with zero attached hydrogens (tertiary/aromatic N) is 2. The van der Waals surface area contributed by atoms with Crippen molar-refractivity contribution in [2.75, 3.05) is 6.54 Å². The van der Waals surface area contributed by atoms with Crippen molar-refractivity contribution in [2.24, 2.45) is 0 Å². The first kappa shape index (κ1) is 23.1. The third-order valence-electron chi connectivity index (χ3n) is 6.13. The average molecular weight is 425 g/mol. The molecule has 0 atom stereocenters. The fourth-order valence-electron chi connectivity index (χ4n) is 4.36. The van der Waals surface area contributed by atoms with Crippen LogP contribution < -0.4 is 0 Å². The minimum absolute atomic E-state index is 0.0188. The molecule has 1 aromatic heterocycles. The van der Waals surface area contributed by atoms with Gasteiger partial charge in [-0.2, -0.15) is 0 Å². The lowest BCUT2D eigenvalue weighted by molar-refractivity contribution is -0.144. The summed E-state index contributed by atoms with van der Waals surface area (Å²) >= 11 is 0. The number of unbranched alkanes of at least 4 members (excludes halogenated alkanes) is 2. The lowest BCUT2D eigenvalue weighted by atomic mass is 9.93. The van der Waals surface area contributed by atoms with E-state index in [9.17, 15) is 9.59 Å². The second kappa shape index (κ2) is 12.3. The van der Waals surface area contributed by atoms with Gasteiger partial charge in [-0.05, 0) is 37.0 Å². The van der Waals surface area contributed by atoms with Crippen LogP contribution >= 0.6 is 0 Å². The predicted octanol–water partition coefficient (Wildman–Crippen LogP) is 5.55. The highest BCUT2D eigenvalue weighted by Crippen LogP contribution is 2.24. The topological polar surface area (TPSA) is 53.8 Å². The van der Waals surface area contributed by atoms with Crippen LogP contribution in [-0.4, -0.2) is 34.2 Å². The smallest absolute Gasteiger partial charge is 0.242 e. The zero-order valence-corrected chi connectivity index (χ0v) is 18.8. The first-order valence-electron chi connectivity index (χ1n) is 11.8. The van der Waals surface area contributed by atoms with Crippen molar-refractivity contribution < 1.29 is 14.0 Å². The Bertz CT molecular complexity index is 782. The van der Waals surface area contributed by atoms with Crippen molar-refractivity contribution in [3.63, 3.8) is 0 Å². The Morgan fingerprint density at radius 2 is 1.71 bits per heavy atom. The fourth-order valence-corrected chi connectivity index (χ4v) is 4.36. The number of furan rings is 1. The molecule has 1 fully saturated rings. The van der Waals surface area contributed by atoms with Crippen molar-refractivity contribution in [3.05, 3.63) is 60.1 Å². The molecule has 3 rings (SSSR count). The zero-order valence-electron chi connectivity index (χ0n) is 18.8. The molecule has 1 aliphatic carbocycles. The van der Waals surface area contributed by atoms with E-state index in [0.717, 1.165) is 56.3 Å². The van der Waals surface area contributed by atoms with Crippen LogP contribution in [0.25, 0.3) is 0 Å². The Morgan fingerprint density at radius 3 is 2.39 bits per heavy atom. The molecule has 0 saturated heterocycles. The summed E-state index contributed by atoms with van der Waals surface area (Å²) in [6.45, 7) is 3.21. The monoisotopic (exact) mass is 424 g/mol. The van der Waals surface area contributed by atoms with E-state index in [2.05, 4.69) is 6.92 Å². The largest absolute Gasteiger partial charge is 0.467 e. The summed E-state index contributed by atoms with van der Waals surface area (Å²) in [5.41, 5.74) is 1.07. The Kier molecular flexibility index (Phi) is 9.19. The van der Waals surface area contributed by atoms with Crippen molar-refractivity contribution in [1.29, 1.82) is 0 Å². The minimum atomic E-state index is -0.0188. The van der Waals surface area contributed by atoms with E-state index >= 15 is 0 Å². The Hall–Kier alpha value is -2.56. The van der Waals surface area contributed by atoms with Gasteiger partial charge in [0.2, 0.25) is 11.8 Å². The maximum absolute atomic E-state index is 13.5. The Labute approximate surface area is 186 Å². The Morgan fingerprint density at radius 1 is 0.935 bits per heavy atom. The van der Waals surface area contributed by atoms with Crippen LogP contribution in [0.5, 0.6) is 0 Å². The van der Waals surface area contributed by atoms with Gasteiger partial charge in [0.25, 0.3) is 0 Å². The highest BCUT2D eigenvalue weighted by Gasteiger charge is 2.29. The van der Waals surface area contributed by atoms with Gasteiger partial charge in [-0.3, -0.25) is 9.59 Å². The maximum Gasteiger partial charge on any atom is 0.242 e. The molecule has 0 N–H and O–H groups in total. The van der Waals surface area contributed by atoms with Crippen LogP contribution in [0.3, 0.4) is 0 Å². The molecule has 5 nitrogen and oxygen atoms in total. The van der Waals surface area contributed by atoms with E-state index in [4.69, 9.17) is 4.42 Å². The van der Waals surface area contributed by atoms with Gasteiger partial charge in [0.1, 0.15) is 12.3 Å². The summed E-state index contributed by atoms with van der Waals surface area (Å²) in [5.74, 6) is 0.865. The van der Waals surface area contributed by atoms with Gasteiger partial charge in [0, 0.05) is 19.0 Å². The van der Waals surface area contributed by atoms with Crippen LogP contribution in [0.15, 0.2) is 53.1 Å². The van der Waals surface area contributed by atoms with Crippen LogP contribution in [0.4, 0.5) is 0 Å². The molecule has 1 aromatic carbocycles.